The average Bonchev–Trinajstić information content (AvgIpc) is 2.30. The number of aromatic nitrogens is 1. The Morgan fingerprint density at radius 2 is 1.94 bits per heavy atom. The van der Waals surface area contributed by atoms with Gasteiger partial charge in [-0.15, -0.1) is 0 Å². The molecule has 0 aromatic carbocycles. The maximum atomic E-state index is 11.3. The molecule has 0 atom stereocenters. The Morgan fingerprint density at radius 1 is 1.31 bits per heavy atom. The molecule has 86 valence electrons. The summed E-state index contributed by atoms with van der Waals surface area (Å²) in [5, 5.41) is 2.69. The van der Waals surface area contributed by atoms with Crippen LogP contribution in [-0.4, -0.2) is 18.6 Å². The molecule has 0 unspecified atom stereocenters. The van der Waals surface area contributed by atoms with E-state index in [0.29, 0.717) is 18.7 Å². The van der Waals surface area contributed by atoms with Gasteiger partial charge in [0.2, 0.25) is 5.91 Å². The van der Waals surface area contributed by atoms with Gasteiger partial charge < -0.3 is 10.1 Å². The van der Waals surface area contributed by atoms with E-state index < -0.39 is 6.09 Å². The van der Waals surface area contributed by atoms with Gasteiger partial charge in [0.25, 0.3) is 0 Å². The molecule has 0 aliphatic rings. The van der Waals surface area contributed by atoms with Crippen molar-refractivity contribution >= 4 is 17.7 Å². The largest absolute Gasteiger partial charge is 0.601 e. The highest BCUT2D eigenvalue weighted by Gasteiger charge is 2.14. The molecule has 0 radical (unpaired) electrons. The van der Waals surface area contributed by atoms with Gasteiger partial charge in [-0.1, -0.05) is 11.5 Å². The minimum atomic E-state index is -0.434. The van der Waals surface area contributed by atoms with Crippen molar-refractivity contribution in [1.29, 1.82) is 0 Å². The highest BCUT2D eigenvalue weighted by Crippen LogP contribution is 2.02. The maximum Gasteiger partial charge on any atom is 0.601 e. The van der Waals surface area contributed by atoms with Crippen molar-refractivity contribution in [2.24, 2.45) is 0 Å². The van der Waals surface area contributed by atoms with E-state index in [1.807, 2.05) is 0 Å². The van der Waals surface area contributed by atoms with Gasteiger partial charge in [-0.3, -0.25) is 4.79 Å². The predicted molar refractivity (Wildman–Crippen MR) is 58.0 cm³/mol. The Labute approximate surface area is 94.0 Å². The maximum absolute atomic E-state index is 11.3. The summed E-state index contributed by atoms with van der Waals surface area (Å²) in [6.07, 6.45) is 3.08. The van der Waals surface area contributed by atoms with Crippen LogP contribution in [0.4, 0.5) is 10.5 Å². The molecule has 1 aromatic heterocycles. The summed E-state index contributed by atoms with van der Waals surface area (Å²) in [5.41, 5.74) is 0.660. The van der Waals surface area contributed by atoms with Crippen LogP contribution < -0.4 is 9.88 Å². The van der Waals surface area contributed by atoms with Crippen LogP contribution in [-0.2, 0) is 9.53 Å². The van der Waals surface area contributed by atoms with Gasteiger partial charge in [0.15, 0.2) is 12.4 Å². The van der Waals surface area contributed by atoms with Crippen LogP contribution in [0, 0.1) is 0 Å². The van der Waals surface area contributed by atoms with E-state index in [-0.39, 0.29) is 5.91 Å². The molecule has 1 N–H and O–H groups in total. The van der Waals surface area contributed by atoms with E-state index in [1.165, 1.54) is 4.57 Å². The van der Waals surface area contributed by atoms with E-state index in [2.05, 4.69) is 5.32 Å². The van der Waals surface area contributed by atoms with Crippen molar-refractivity contribution in [3.63, 3.8) is 0 Å². The van der Waals surface area contributed by atoms with Crippen molar-refractivity contribution in [3.8, 4) is 0 Å². The number of hydrogen-bond donors (Lipinski definition) is 1. The number of carbonyl (C=O) groups is 2. The SMILES string of the molecule is CCOC(=O)[n+]1ccc(NC(=O)CC)cc1. The molecule has 0 fully saturated rings. The van der Waals surface area contributed by atoms with Gasteiger partial charge >= 0.3 is 6.09 Å². The Bertz CT molecular complexity index is 373. The van der Waals surface area contributed by atoms with E-state index in [0.717, 1.165) is 0 Å². The summed E-state index contributed by atoms with van der Waals surface area (Å²) in [7, 11) is 0. The van der Waals surface area contributed by atoms with Gasteiger partial charge in [-0.05, 0) is 6.92 Å². The molecule has 0 spiro atoms. The van der Waals surface area contributed by atoms with Gasteiger partial charge in [-0.25, -0.2) is 0 Å². The lowest BCUT2D eigenvalue weighted by molar-refractivity contribution is -0.585. The molecule has 1 rings (SSSR count). The second-order valence-electron chi connectivity index (χ2n) is 3.09. The first-order chi connectivity index (χ1) is 7.67. The second-order valence-corrected chi connectivity index (χ2v) is 3.09. The van der Waals surface area contributed by atoms with Crippen LogP contribution >= 0.6 is 0 Å². The number of rotatable bonds is 3. The summed E-state index contributed by atoms with van der Waals surface area (Å²) in [4.78, 5) is 22.4. The zero-order valence-electron chi connectivity index (χ0n) is 9.40. The lowest BCUT2D eigenvalue weighted by Crippen LogP contribution is -2.42. The predicted octanol–water partition coefficient (Wildman–Crippen LogP) is 1.33. The number of nitrogens with one attached hydrogen (secondary N) is 1. The third kappa shape index (κ3) is 3.34. The minimum Gasteiger partial charge on any atom is -0.412 e. The molecule has 1 heterocycles. The Hall–Kier alpha value is -1.91. The molecule has 5 heteroatoms. The lowest BCUT2D eigenvalue weighted by atomic mass is 10.3. The number of anilines is 1. The Kier molecular flexibility index (Phi) is 4.44. The molecule has 0 aliphatic heterocycles. The van der Waals surface area contributed by atoms with Crippen LogP contribution in [0.25, 0.3) is 0 Å². The molecule has 1 aromatic rings. The minimum absolute atomic E-state index is 0.0612. The van der Waals surface area contributed by atoms with Crippen molar-refractivity contribution in [2.45, 2.75) is 20.3 Å². The third-order valence-electron chi connectivity index (χ3n) is 1.91. The summed E-state index contributed by atoms with van der Waals surface area (Å²) in [6.45, 7) is 3.85. The number of amides is 1. The van der Waals surface area contributed by atoms with Crippen molar-refractivity contribution < 1.29 is 18.9 Å². The number of pyridine rings is 1. The van der Waals surface area contributed by atoms with Crippen molar-refractivity contribution in [3.05, 3.63) is 24.5 Å². The van der Waals surface area contributed by atoms with Gasteiger partial charge in [-0.2, -0.15) is 4.79 Å². The van der Waals surface area contributed by atoms with Gasteiger partial charge in [0, 0.05) is 18.6 Å². The van der Waals surface area contributed by atoms with Crippen LogP contribution in [0.2, 0.25) is 0 Å². The van der Waals surface area contributed by atoms with E-state index in [1.54, 1.807) is 38.4 Å². The number of nitrogens with zero attached hydrogens (tertiary/aromatic N) is 1. The summed E-state index contributed by atoms with van der Waals surface area (Å²) in [6, 6.07) is 3.29. The molecule has 0 saturated carbocycles. The van der Waals surface area contributed by atoms with Crippen LogP contribution in [0.5, 0.6) is 0 Å². The Morgan fingerprint density at radius 3 is 2.44 bits per heavy atom. The van der Waals surface area contributed by atoms with Gasteiger partial charge in [0.05, 0.1) is 12.3 Å². The smallest absolute Gasteiger partial charge is 0.412 e. The summed E-state index contributed by atoms with van der Waals surface area (Å²) in [5.74, 6) is -0.0612. The first-order valence-corrected chi connectivity index (χ1v) is 5.15. The molecule has 16 heavy (non-hydrogen) atoms. The second kappa shape index (κ2) is 5.85. The number of hydrogen-bond acceptors (Lipinski definition) is 3. The van der Waals surface area contributed by atoms with Gasteiger partial charge in [0.1, 0.15) is 0 Å². The molecular formula is C11H15N2O3+. The summed E-state index contributed by atoms with van der Waals surface area (Å²) >= 11 is 0. The monoisotopic (exact) mass is 223 g/mol. The standard InChI is InChI=1S/C11H14N2O3/c1-3-10(14)12-9-5-7-13(8-6-9)11(15)16-4-2/h5-8H,3-4H2,1-2H3/p+1. The topological polar surface area (TPSA) is 59.3 Å². The lowest BCUT2D eigenvalue weighted by Gasteiger charge is -2.01. The number of ether oxygens (including phenoxy) is 1. The molecular weight excluding hydrogens is 208 g/mol. The molecule has 5 nitrogen and oxygen atoms in total. The molecule has 1 amide bonds. The highest BCUT2D eigenvalue weighted by molar-refractivity contribution is 5.90. The van der Waals surface area contributed by atoms with Crippen molar-refractivity contribution in [1.82, 2.24) is 0 Å². The summed E-state index contributed by atoms with van der Waals surface area (Å²) < 4.78 is 6.12. The number of carbonyl (C=O) groups excluding carboxylic acids is 2. The molecule has 0 bridgehead atoms. The van der Waals surface area contributed by atoms with Crippen molar-refractivity contribution in [2.75, 3.05) is 11.9 Å². The zero-order valence-corrected chi connectivity index (χ0v) is 9.40. The molecule has 0 saturated heterocycles. The average molecular weight is 223 g/mol. The van der Waals surface area contributed by atoms with Crippen LogP contribution in [0.3, 0.4) is 0 Å². The molecule has 0 aliphatic carbocycles. The van der Waals surface area contributed by atoms with Crippen LogP contribution in [0.1, 0.15) is 20.3 Å². The third-order valence-corrected chi connectivity index (χ3v) is 1.91. The van der Waals surface area contributed by atoms with Crippen LogP contribution in [0.15, 0.2) is 24.5 Å². The quantitative estimate of drug-likeness (QED) is 0.786. The Balaban J connectivity index is 2.67. The van der Waals surface area contributed by atoms with E-state index >= 15 is 0 Å². The first kappa shape index (κ1) is 12.2. The fraction of sp³-hybridized carbons (Fsp3) is 0.364. The first-order valence-electron chi connectivity index (χ1n) is 5.15. The highest BCUT2D eigenvalue weighted by atomic mass is 16.5. The zero-order chi connectivity index (χ0) is 12.0. The van der Waals surface area contributed by atoms with E-state index in [9.17, 15) is 9.59 Å². The normalized spacial score (nSPS) is 9.62. The fourth-order valence-corrected chi connectivity index (χ4v) is 1.08. The van der Waals surface area contributed by atoms with E-state index in [4.69, 9.17) is 4.74 Å². The fourth-order valence-electron chi connectivity index (χ4n) is 1.08.